The molecule has 0 aliphatic rings. The minimum Gasteiger partial charge on any atom is -0.462 e. The van der Waals surface area contributed by atoms with Gasteiger partial charge in [-0.15, -0.1) is 0 Å². The van der Waals surface area contributed by atoms with Gasteiger partial charge in [-0.2, -0.15) is 0 Å². The summed E-state index contributed by atoms with van der Waals surface area (Å²) in [4.78, 5) is 37.6. The molecule has 6 heteroatoms. The minimum atomic E-state index is -0.757. The molecule has 0 rings (SSSR count). The molecule has 0 fully saturated rings. The first-order valence-electron chi connectivity index (χ1n) is 30.0. The maximum atomic E-state index is 12.6. The summed E-state index contributed by atoms with van der Waals surface area (Å²) in [5, 5.41) is 0. The summed E-state index contributed by atoms with van der Waals surface area (Å²) in [6, 6.07) is 0. The van der Waals surface area contributed by atoms with Crippen LogP contribution in [0, 0.1) is 0 Å². The van der Waals surface area contributed by atoms with Gasteiger partial charge in [0, 0.05) is 19.3 Å². The van der Waals surface area contributed by atoms with Gasteiger partial charge in [0.2, 0.25) is 0 Å². The van der Waals surface area contributed by atoms with Gasteiger partial charge in [0.25, 0.3) is 0 Å². The van der Waals surface area contributed by atoms with E-state index in [1.807, 2.05) is 0 Å². The fourth-order valence-electron chi connectivity index (χ4n) is 9.33. The van der Waals surface area contributed by atoms with E-state index < -0.39 is 6.10 Å². The first-order chi connectivity index (χ1) is 32.5. The molecular formula is C60H116O6. The molecule has 0 aliphatic carbocycles. The Labute approximate surface area is 412 Å². The lowest BCUT2D eigenvalue weighted by molar-refractivity contribution is -0.167. The molecule has 0 N–H and O–H groups in total. The van der Waals surface area contributed by atoms with Gasteiger partial charge in [-0.3, -0.25) is 14.4 Å². The Hall–Kier alpha value is -1.59. The van der Waals surface area contributed by atoms with Crippen LogP contribution in [0.25, 0.3) is 0 Å². The molecule has 0 aromatic carbocycles. The number of rotatable bonds is 56. The molecule has 0 aromatic heterocycles. The summed E-state index contributed by atoms with van der Waals surface area (Å²) in [6.45, 7) is 6.60. The van der Waals surface area contributed by atoms with Crippen LogP contribution < -0.4 is 0 Å². The fraction of sp³-hybridized carbons (Fsp3) is 0.950. The Kier molecular flexibility index (Phi) is 54.7. The molecule has 0 aliphatic heterocycles. The molecule has 0 bridgehead atoms. The van der Waals surface area contributed by atoms with E-state index in [1.165, 1.54) is 250 Å². The van der Waals surface area contributed by atoms with Gasteiger partial charge < -0.3 is 14.2 Å². The van der Waals surface area contributed by atoms with Crippen molar-refractivity contribution in [1.29, 1.82) is 0 Å². The van der Waals surface area contributed by atoms with Crippen LogP contribution in [0.5, 0.6) is 0 Å². The summed E-state index contributed by atoms with van der Waals surface area (Å²) in [5.41, 5.74) is 0. The summed E-state index contributed by atoms with van der Waals surface area (Å²) in [5.74, 6) is -0.860. The molecule has 0 saturated carbocycles. The van der Waals surface area contributed by atoms with Crippen molar-refractivity contribution in [2.75, 3.05) is 13.2 Å². The smallest absolute Gasteiger partial charge is 0.306 e. The van der Waals surface area contributed by atoms with Gasteiger partial charge in [-0.25, -0.2) is 0 Å². The first kappa shape index (κ1) is 64.4. The highest BCUT2D eigenvalue weighted by atomic mass is 16.6. The maximum Gasteiger partial charge on any atom is 0.306 e. The lowest BCUT2D eigenvalue weighted by atomic mass is 10.0. The second-order valence-corrected chi connectivity index (χ2v) is 20.6. The van der Waals surface area contributed by atoms with Crippen molar-refractivity contribution < 1.29 is 28.6 Å². The van der Waals surface area contributed by atoms with Crippen LogP contribution in [0.15, 0.2) is 0 Å². The average Bonchev–Trinajstić information content (AvgIpc) is 3.31. The lowest BCUT2D eigenvalue weighted by Gasteiger charge is -2.18. The Bertz CT molecular complexity index is 982. The van der Waals surface area contributed by atoms with Gasteiger partial charge in [0.15, 0.2) is 6.10 Å². The van der Waals surface area contributed by atoms with Crippen LogP contribution in [-0.4, -0.2) is 37.2 Å². The highest BCUT2D eigenvalue weighted by Crippen LogP contribution is 2.18. The van der Waals surface area contributed by atoms with Crippen molar-refractivity contribution in [2.24, 2.45) is 0 Å². The highest BCUT2D eigenvalue weighted by Gasteiger charge is 2.19. The van der Waals surface area contributed by atoms with Crippen LogP contribution in [0.1, 0.15) is 348 Å². The molecule has 6 nitrogen and oxygen atoms in total. The Morgan fingerprint density at radius 3 is 0.606 bits per heavy atom. The summed E-state index contributed by atoms with van der Waals surface area (Å²) < 4.78 is 16.7. The van der Waals surface area contributed by atoms with E-state index in [-0.39, 0.29) is 31.1 Å². The van der Waals surface area contributed by atoms with Gasteiger partial charge in [0.1, 0.15) is 13.2 Å². The van der Waals surface area contributed by atoms with Gasteiger partial charge in [-0.05, 0) is 19.3 Å². The van der Waals surface area contributed by atoms with E-state index in [9.17, 15) is 14.4 Å². The van der Waals surface area contributed by atoms with Gasteiger partial charge in [0.05, 0.1) is 0 Å². The van der Waals surface area contributed by atoms with E-state index >= 15 is 0 Å². The largest absolute Gasteiger partial charge is 0.462 e. The zero-order chi connectivity index (χ0) is 47.9. The Morgan fingerprint density at radius 1 is 0.242 bits per heavy atom. The number of esters is 3. The highest BCUT2D eigenvalue weighted by molar-refractivity contribution is 5.71. The molecule has 0 amide bonds. The van der Waals surface area contributed by atoms with Crippen molar-refractivity contribution in [3.8, 4) is 0 Å². The third-order valence-corrected chi connectivity index (χ3v) is 13.9. The maximum absolute atomic E-state index is 12.6. The third-order valence-electron chi connectivity index (χ3n) is 13.9. The third kappa shape index (κ3) is 53.4. The number of hydrogen-bond acceptors (Lipinski definition) is 6. The van der Waals surface area contributed by atoms with Crippen LogP contribution >= 0.6 is 0 Å². The lowest BCUT2D eigenvalue weighted by Crippen LogP contribution is -2.30. The summed E-state index contributed by atoms with van der Waals surface area (Å²) >= 11 is 0. The minimum absolute atomic E-state index is 0.0635. The molecule has 1 unspecified atom stereocenters. The van der Waals surface area contributed by atoms with E-state index in [4.69, 9.17) is 14.2 Å². The van der Waals surface area contributed by atoms with Crippen molar-refractivity contribution in [3.05, 3.63) is 0 Å². The number of carbonyl (C=O) groups excluding carboxylic acids is 3. The normalized spacial score (nSPS) is 11.9. The topological polar surface area (TPSA) is 78.9 Å². The van der Waals surface area contributed by atoms with E-state index in [0.29, 0.717) is 19.3 Å². The predicted molar refractivity (Wildman–Crippen MR) is 284 cm³/mol. The number of carbonyl (C=O) groups is 3. The van der Waals surface area contributed by atoms with E-state index in [1.54, 1.807) is 0 Å². The average molecular weight is 934 g/mol. The zero-order valence-corrected chi connectivity index (χ0v) is 45.0. The summed E-state index contributed by atoms with van der Waals surface area (Å²) in [6.07, 6.45) is 63.3. The van der Waals surface area contributed by atoms with Crippen LogP contribution in [0.3, 0.4) is 0 Å². The fourth-order valence-corrected chi connectivity index (χ4v) is 9.33. The van der Waals surface area contributed by atoms with Gasteiger partial charge >= 0.3 is 17.9 Å². The molecule has 1 atom stereocenters. The van der Waals surface area contributed by atoms with Crippen LogP contribution in [0.2, 0.25) is 0 Å². The van der Waals surface area contributed by atoms with Crippen molar-refractivity contribution in [3.63, 3.8) is 0 Å². The Morgan fingerprint density at radius 2 is 0.409 bits per heavy atom. The van der Waals surface area contributed by atoms with Gasteiger partial charge in [-0.1, -0.05) is 310 Å². The number of hydrogen-bond donors (Lipinski definition) is 0. The molecule has 0 aromatic rings. The van der Waals surface area contributed by atoms with Crippen molar-refractivity contribution >= 4 is 17.9 Å². The number of ether oxygens (including phenoxy) is 3. The zero-order valence-electron chi connectivity index (χ0n) is 45.0. The first-order valence-corrected chi connectivity index (χ1v) is 30.0. The van der Waals surface area contributed by atoms with Crippen molar-refractivity contribution in [1.82, 2.24) is 0 Å². The molecule has 0 radical (unpaired) electrons. The second-order valence-electron chi connectivity index (χ2n) is 20.6. The van der Waals surface area contributed by atoms with E-state index in [2.05, 4.69) is 20.8 Å². The molecule has 0 spiro atoms. The monoisotopic (exact) mass is 933 g/mol. The van der Waals surface area contributed by atoms with Crippen LogP contribution in [0.4, 0.5) is 0 Å². The van der Waals surface area contributed by atoms with Crippen molar-refractivity contribution in [2.45, 2.75) is 354 Å². The molecule has 392 valence electrons. The summed E-state index contributed by atoms with van der Waals surface area (Å²) in [7, 11) is 0. The molecular weight excluding hydrogens is 817 g/mol. The molecule has 66 heavy (non-hydrogen) atoms. The number of unbranched alkanes of at least 4 members (excludes halogenated alkanes) is 45. The molecule has 0 saturated heterocycles. The predicted octanol–water partition coefficient (Wildman–Crippen LogP) is 19.9. The Balaban J connectivity index is 3.73. The molecule has 0 heterocycles. The van der Waals surface area contributed by atoms with Crippen LogP contribution in [-0.2, 0) is 28.6 Å². The second kappa shape index (κ2) is 56.0. The standard InChI is InChI=1S/C60H116O6/c1-4-7-10-13-16-18-19-20-21-22-23-24-25-26-27-28-29-30-31-32-33-34-35-36-37-38-39-40-41-42-43-45-47-50-53-59(62)65-56-57(55-64-58(61)52-49-46-15-12-9-6-3)66-60(63)54-51-48-44-17-14-11-8-5-2/h57H,4-56H2,1-3H3. The van der Waals surface area contributed by atoms with E-state index in [0.717, 1.165) is 57.8 Å². The SMILES string of the molecule is CCCCCCCCCCCCCCCCCCCCCCCCCCCCCCCCCCCCC(=O)OCC(COC(=O)CCCCCCCC)OC(=O)CCCCCCCCCC. The quantitative estimate of drug-likeness (QED) is 0.0343.